The van der Waals surface area contributed by atoms with E-state index in [-0.39, 0.29) is 16.8 Å². The molecular weight excluding hydrogens is 312 g/mol. The molecule has 0 fully saturated rings. The fraction of sp³-hybridized carbons (Fsp3) is 0.250. The maximum absolute atomic E-state index is 14.0. The zero-order valence-corrected chi connectivity index (χ0v) is 13.0. The molecule has 2 unspecified atom stereocenters. The monoisotopic (exact) mass is 327 g/mol. The first-order valence-corrected chi connectivity index (χ1v) is 7.40. The standard InChI is InChI=1S/C16H16Cl2FNO/c1-2-13(20)16(10-6-8-11(17)9-7-10)21-14-5-3-4-12(18)15(14)19/h3-9,13,16H,2,20H2,1H3. The highest BCUT2D eigenvalue weighted by Crippen LogP contribution is 2.31. The van der Waals surface area contributed by atoms with E-state index in [9.17, 15) is 4.39 Å². The zero-order valence-electron chi connectivity index (χ0n) is 11.5. The highest BCUT2D eigenvalue weighted by Gasteiger charge is 2.22. The van der Waals surface area contributed by atoms with Gasteiger partial charge in [0.25, 0.3) is 0 Å². The number of hydrogen-bond donors (Lipinski definition) is 1. The van der Waals surface area contributed by atoms with Crippen molar-refractivity contribution in [2.75, 3.05) is 0 Å². The van der Waals surface area contributed by atoms with Gasteiger partial charge < -0.3 is 10.5 Å². The van der Waals surface area contributed by atoms with Crippen LogP contribution in [0, 0.1) is 5.82 Å². The van der Waals surface area contributed by atoms with Crippen molar-refractivity contribution in [3.63, 3.8) is 0 Å². The lowest BCUT2D eigenvalue weighted by atomic mass is 10.0. The number of nitrogens with two attached hydrogens (primary N) is 1. The first-order chi connectivity index (χ1) is 10.0. The fourth-order valence-corrected chi connectivity index (χ4v) is 2.27. The second-order valence-electron chi connectivity index (χ2n) is 4.71. The van der Waals surface area contributed by atoms with Gasteiger partial charge in [-0.15, -0.1) is 0 Å². The summed E-state index contributed by atoms with van der Waals surface area (Å²) in [5.41, 5.74) is 6.95. The van der Waals surface area contributed by atoms with Gasteiger partial charge in [0.15, 0.2) is 11.6 Å². The van der Waals surface area contributed by atoms with Crippen molar-refractivity contribution < 1.29 is 9.13 Å². The van der Waals surface area contributed by atoms with Crippen molar-refractivity contribution in [1.82, 2.24) is 0 Å². The Kier molecular flexibility index (Phi) is 5.45. The molecule has 2 N–H and O–H groups in total. The van der Waals surface area contributed by atoms with Crippen LogP contribution in [0.2, 0.25) is 10.0 Å². The van der Waals surface area contributed by atoms with Crippen LogP contribution >= 0.6 is 23.2 Å². The second-order valence-corrected chi connectivity index (χ2v) is 5.56. The van der Waals surface area contributed by atoms with E-state index in [1.165, 1.54) is 12.1 Å². The molecule has 2 aromatic rings. The number of halogens is 3. The van der Waals surface area contributed by atoms with E-state index in [1.807, 2.05) is 19.1 Å². The van der Waals surface area contributed by atoms with E-state index in [1.54, 1.807) is 18.2 Å². The summed E-state index contributed by atoms with van der Waals surface area (Å²) in [6.07, 6.45) is 0.218. The Bertz CT molecular complexity index is 604. The lowest BCUT2D eigenvalue weighted by Gasteiger charge is -2.25. The molecule has 0 aliphatic heterocycles. The molecule has 0 aliphatic rings. The molecule has 0 aliphatic carbocycles. The molecule has 0 radical (unpaired) electrons. The smallest absolute Gasteiger partial charge is 0.183 e. The van der Waals surface area contributed by atoms with E-state index in [4.69, 9.17) is 33.7 Å². The summed E-state index contributed by atoms with van der Waals surface area (Å²) in [4.78, 5) is 0. The molecule has 0 bridgehead atoms. The van der Waals surface area contributed by atoms with E-state index in [0.717, 1.165) is 5.56 Å². The molecule has 5 heteroatoms. The Hall–Kier alpha value is -1.29. The van der Waals surface area contributed by atoms with Crippen LogP contribution in [0.25, 0.3) is 0 Å². The summed E-state index contributed by atoms with van der Waals surface area (Å²) < 4.78 is 19.8. The molecule has 112 valence electrons. The molecule has 2 atom stereocenters. The first-order valence-electron chi connectivity index (χ1n) is 6.64. The van der Waals surface area contributed by atoms with Crippen LogP contribution in [0.1, 0.15) is 25.0 Å². The van der Waals surface area contributed by atoms with Gasteiger partial charge in [0.1, 0.15) is 6.10 Å². The van der Waals surface area contributed by atoms with Gasteiger partial charge in [-0.3, -0.25) is 0 Å². The van der Waals surface area contributed by atoms with E-state index >= 15 is 0 Å². The maximum atomic E-state index is 14.0. The normalized spacial score (nSPS) is 13.8. The number of rotatable bonds is 5. The van der Waals surface area contributed by atoms with Crippen LogP contribution in [-0.4, -0.2) is 6.04 Å². The topological polar surface area (TPSA) is 35.2 Å². The van der Waals surface area contributed by atoms with Crippen molar-refractivity contribution in [3.05, 3.63) is 63.9 Å². The van der Waals surface area contributed by atoms with Crippen molar-refractivity contribution in [1.29, 1.82) is 0 Å². The highest BCUT2D eigenvalue weighted by atomic mass is 35.5. The minimum atomic E-state index is -0.582. The predicted molar refractivity (Wildman–Crippen MR) is 84.5 cm³/mol. The molecule has 0 spiro atoms. The van der Waals surface area contributed by atoms with Crippen LogP contribution in [0.5, 0.6) is 5.75 Å². The molecule has 0 heterocycles. The van der Waals surface area contributed by atoms with Crippen molar-refractivity contribution in [2.24, 2.45) is 5.73 Å². The molecule has 0 saturated carbocycles. The summed E-state index contributed by atoms with van der Waals surface area (Å²) in [7, 11) is 0. The van der Waals surface area contributed by atoms with Crippen LogP contribution in [0.15, 0.2) is 42.5 Å². The summed E-state index contributed by atoms with van der Waals surface area (Å²) >= 11 is 11.7. The lowest BCUT2D eigenvalue weighted by molar-refractivity contribution is 0.164. The predicted octanol–water partition coefficient (Wildman–Crippen LogP) is 4.99. The minimum absolute atomic E-state index is 0.0208. The highest BCUT2D eigenvalue weighted by molar-refractivity contribution is 6.31. The van der Waals surface area contributed by atoms with Gasteiger partial charge in [-0.25, -0.2) is 4.39 Å². The van der Waals surface area contributed by atoms with Gasteiger partial charge in [0.05, 0.1) is 5.02 Å². The fourth-order valence-electron chi connectivity index (χ4n) is 1.98. The van der Waals surface area contributed by atoms with E-state index in [2.05, 4.69) is 0 Å². The largest absolute Gasteiger partial charge is 0.481 e. The van der Waals surface area contributed by atoms with Crippen LogP contribution < -0.4 is 10.5 Å². The van der Waals surface area contributed by atoms with Crippen molar-refractivity contribution >= 4 is 23.2 Å². The molecule has 0 aromatic heterocycles. The third-order valence-electron chi connectivity index (χ3n) is 3.23. The number of ether oxygens (including phenoxy) is 1. The summed E-state index contributed by atoms with van der Waals surface area (Å²) in [6, 6.07) is 11.5. The van der Waals surface area contributed by atoms with Crippen molar-refractivity contribution in [2.45, 2.75) is 25.5 Å². The van der Waals surface area contributed by atoms with Gasteiger partial charge in [0.2, 0.25) is 0 Å². The van der Waals surface area contributed by atoms with Gasteiger partial charge in [-0.2, -0.15) is 0 Å². The van der Waals surface area contributed by atoms with E-state index in [0.29, 0.717) is 11.4 Å². The first kappa shape index (κ1) is 16.1. The molecule has 2 rings (SSSR count). The lowest BCUT2D eigenvalue weighted by Crippen LogP contribution is -2.31. The van der Waals surface area contributed by atoms with Crippen molar-refractivity contribution in [3.8, 4) is 5.75 Å². The van der Waals surface area contributed by atoms with Crippen LogP contribution in [0.4, 0.5) is 4.39 Å². The minimum Gasteiger partial charge on any atom is -0.481 e. The van der Waals surface area contributed by atoms with Gasteiger partial charge in [-0.1, -0.05) is 48.3 Å². The SMILES string of the molecule is CCC(N)C(Oc1cccc(Cl)c1F)c1ccc(Cl)cc1. The quantitative estimate of drug-likeness (QED) is 0.839. The average Bonchev–Trinajstić information content (AvgIpc) is 2.49. The Balaban J connectivity index is 2.33. The molecular formula is C16H16Cl2FNO. The summed E-state index contributed by atoms with van der Waals surface area (Å²) in [6.45, 7) is 1.95. The Morgan fingerprint density at radius 1 is 1.14 bits per heavy atom. The number of benzene rings is 2. The van der Waals surface area contributed by atoms with Gasteiger partial charge >= 0.3 is 0 Å². The van der Waals surface area contributed by atoms with Crippen LogP contribution in [-0.2, 0) is 0 Å². The molecule has 0 amide bonds. The Labute approximate surface area is 133 Å². The Morgan fingerprint density at radius 3 is 2.43 bits per heavy atom. The summed E-state index contributed by atoms with van der Waals surface area (Å²) in [5, 5.41) is 0.643. The second kappa shape index (κ2) is 7.12. The molecule has 0 saturated heterocycles. The van der Waals surface area contributed by atoms with Crippen LogP contribution in [0.3, 0.4) is 0 Å². The zero-order chi connectivity index (χ0) is 15.4. The Morgan fingerprint density at radius 2 is 1.81 bits per heavy atom. The van der Waals surface area contributed by atoms with E-state index < -0.39 is 11.9 Å². The van der Waals surface area contributed by atoms with Gasteiger partial charge in [0, 0.05) is 11.1 Å². The summed E-state index contributed by atoms with van der Waals surface area (Å²) in [5.74, 6) is -0.493. The maximum Gasteiger partial charge on any atom is 0.183 e. The molecule has 21 heavy (non-hydrogen) atoms. The third-order valence-corrected chi connectivity index (χ3v) is 3.77. The van der Waals surface area contributed by atoms with Gasteiger partial charge in [-0.05, 0) is 36.2 Å². The third kappa shape index (κ3) is 3.88. The molecule has 2 nitrogen and oxygen atoms in total. The molecule has 2 aromatic carbocycles. The average molecular weight is 328 g/mol. The number of hydrogen-bond acceptors (Lipinski definition) is 2.